The largest absolute Gasteiger partial charge is 0.494 e. The minimum absolute atomic E-state index is 0.0164. The van der Waals surface area contributed by atoms with E-state index in [-0.39, 0.29) is 23.8 Å². The van der Waals surface area contributed by atoms with Crippen molar-refractivity contribution in [1.29, 1.82) is 0 Å². The highest BCUT2D eigenvalue weighted by atomic mass is 19.1. The molecule has 0 saturated carbocycles. The fourth-order valence-corrected chi connectivity index (χ4v) is 4.27. The van der Waals surface area contributed by atoms with Crippen LogP contribution < -0.4 is 15.4 Å². The number of carbonyl (C=O) groups is 1. The Hall–Kier alpha value is -2.47. The summed E-state index contributed by atoms with van der Waals surface area (Å²) in [5.74, 6) is 0.431. The fraction of sp³-hybridized carbons (Fsp3) is 0.455. The van der Waals surface area contributed by atoms with E-state index in [1.54, 1.807) is 24.4 Å². The predicted octanol–water partition coefficient (Wildman–Crippen LogP) is 3.75. The maximum atomic E-state index is 14.4. The molecule has 1 spiro atoms. The van der Waals surface area contributed by atoms with E-state index in [4.69, 9.17) is 4.74 Å². The molecule has 1 amide bonds. The van der Waals surface area contributed by atoms with Gasteiger partial charge >= 0.3 is 0 Å². The zero-order valence-electron chi connectivity index (χ0n) is 16.3. The molecule has 3 heterocycles. The highest BCUT2D eigenvalue weighted by molar-refractivity contribution is 5.87. The summed E-state index contributed by atoms with van der Waals surface area (Å²) in [5.41, 5.74) is 1.58. The molecule has 6 heteroatoms. The van der Waals surface area contributed by atoms with Crippen LogP contribution >= 0.6 is 0 Å². The molecule has 1 unspecified atom stereocenters. The minimum Gasteiger partial charge on any atom is -0.494 e. The zero-order chi connectivity index (χ0) is 19.7. The van der Waals surface area contributed by atoms with Gasteiger partial charge in [0.25, 0.3) is 0 Å². The van der Waals surface area contributed by atoms with E-state index in [0.29, 0.717) is 17.9 Å². The average molecular weight is 383 g/mol. The van der Waals surface area contributed by atoms with E-state index in [1.807, 2.05) is 19.9 Å². The molecule has 1 aromatic carbocycles. The van der Waals surface area contributed by atoms with Gasteiger partial charge in [-0.2, -0.15) is 0 Å². The normalized spacial score (nSPS) is 27.0. The van der Waals surface area contributed by atoms with Crippen molar-refractivity contribution in [2.45, 2.75) is 57.2 Å². The van der Waals surface area contributed by atoms with Crippen molar-refractivity contribution in [3.05, 3.63) is 48.0 Å². The Morgan fingerprint density at radius 2 is 2.07 bits per heavy atom. The first-order valence-electron chi connectivity index (χ1n) is 9.98. The van der Waals surface area contributed by atoms with Crippen molar-refractivity contribution >= 4 is 5.91 Å². The maximum Gasteiger partial charge on any atom is 0.240 e. The van der Waals surface area contributed by atoms with Crippen LogP contribution in [0, 0.1) is 5.82 Å². The molecule has 3 atom stereocenters. The third kappa shape index (κ3) is 3.49. The molecule has 28 heavy (non-hydrogen) atoms. The second kappa shape index (κ2) is 7.51. The first kappa shape index (κ1) is 18.9. The number of amides is 1. The minimum atomic E-state index is -0.505. The molecule has 148 valence electrons. The molecule has 2 saturated heterocycles. The van der Waals surface area contributed by atoms with Gasteiger partial charge in [-0.3, -0.25) is 15.1 Å². The van der Waals surface area contributed by atoms with E-state index in [9.17, 15) is 9.18 Å². The number of rotatable bonds is 4. The maximum absolute atomic E-state index is 14.4. The monoisotopic (exact) mass is 383 g/mol. The van der Waals surface area contributed by atoms with Crippen molar-refractivity contribution in [2.75, 3.05) is 6.61 Å². The lowest BCUT2D eigenvalue weighted by Crippen LogP contribution is -2.59. The van der Waals surface area contributed by atoms with Crippen LogP contribution in [-0.2, 0) is 4.79 Å². The Kier molecular flexibility index (Phi) is 5.06. The Labute approximate surface area is 164 Å². The molecule has 2 aliphatic rings. The van der Waals surface area contributed by atoms with Crippen LogP contribution in [0.15, 0.2) is 36.5 Å². The van der Waals surface area contributed by atoms with Crippen LogP contribution in [-0.4, -0.2) is 29.1 Å². The third-order valence-corrected chi connectivity index (χ3v) is 5.82. The molecule has 4 rings (SSSR count). The summed E-state index contributed by atoms with van der Waals surface area (Å²) in [6.45, 7) is 4.46. The SMILES string of the molecule is CCOc1ccc(F)c(-c2ccnc([C@@H]3CCC4(CC[C@H](C)NC4=O)N3)c2)c1. The number of halogens is 1. The first-order chi connectivity index (χ1) is 13.5. The molecular weight excluding hydrogens is 357 g/mol. The lowest BCUT2D eigenvalue weighted by atomic mass is 9.85. The molecule has 2 N–H and O–H groups in total. The van der Waals surface area contributed by atoms with Crippen LogP contribution in [0.3, 0.4) is 0 Å². The summed E-state index contributed by atoms with van der Waals surface area (Å²) < 4.78 is 19.9. The number of ether oxygens (including phenoxy) is 1. The van der Waals surface area contributed by atoms with Gasteiger partial charge in [0.15, 0.2) is 0 Å². The third-order valence-electron chi connectivity index (χ3n) is 5.82. The van der Waals surface area contributed by atoms with Crippen LogP contribution in [0.5, 0.6) is 5.75 Å². The molecule has 1 aromatic heterocycles. The summed E-state index contributed by atoms with van der Waals surface area (Å²) in [4.78, 5) is 17.1. The number of nitrogens with one attached hydrogen (secondary N) is 2. The van der Waals surface area contributed by atoms with E-state index in [2.05, 4.69) is 15.6 Å². The smallest absolute Gasteiger partial charge is 0.240 e. The highest BCUT2D eigenvalue weighted by Crippen LogP contribution is 2.38. The quantitative estimate of drug-likeness (QED) is 0.844. The number of carbonyl (C=O) groups excluding carboxylic acids is 1. The Morgan fingerprint density at radius 1 is 1.25 bits per heavy atom. The standard InChI is InChI=1S/C22H26FN3O2/c1-3-28-16-4-5-18(23)17(13-16)15-8-11-24-20(12-15)19-7-10-22(26-19)9-6-14(2)25-21(22)27/h4-5,8,11-14,19,26H,3,6-7,9-10H2,1-2H3,(H,25,27)/t14-,19-,22?/m0/s1. The summed E-state index contributed by atoms with van der Waals surface area (Å²) >= 11 is 0. The summed E-state index contributed by atoms with van der Waals surface area (Å²) in [6.07, 6.45) is 5.12. The van der Waals surface area contributed by atoms with Crippen molar-refractivity contribution in [3.8, 4) is 16.9 Å². The van der Waals surface area contributed by atoms with Gasteiger partial charge in [-0.25, -0.2) is 4.39 Å². The molecule has 2 aromatic rings. The fourth-order valence-electron chi connectivity index (χ4n) is 4.27. The number of piperidine rings is 1. The second-order valence-electron chi connectivity index (χ2n) is 7.77. The van der Waals surface area contributed by atoms with Gasteiger partial charge in [0.2, 0.25) is 5.91 Å². The van der Waals surface area contributed by atoms with Gasteiger partial charge in [-0.05, 0) is 75.4 Å². The molecule has 2 aliphatic heterocycles. The van der Waals surface area contributed by atoms with Crippen LogP contribution in [0.25, 0.3) is 11.1 Å². The number of pyridine rings is 1. The van der Waals surface area contributed by atoms with E-state index >= 15 is 0 Å². The van der Waals surface area contributed by atoms with Crippen molar-refractivity contribution in [1.82, 2.24) is 15.6 Å². The Bertz CT molecular complexity index is 888. The van der Waals surface area contributed by atoms with E-state index in [1.165, 1.54) is 6.07 Å². The van der Waals surface area contributed by atoms with E-state index < -0.39 is 5.54 Å². The number of nitrogens with zero attached hydrogens (tertiary/aromatic N) is 1. The van der Waals surface area contributed by atoms with Gasteiger partial charge in [-0.1, -0.05) is 0 Å². The Balaban J connectivity index is 1.59. The van der Waals surface area contributed by atoms with Crippen LogP contribution in [0.1, 0.15) is 51.3 Å². The first-order valence-corrected chi connectivity index (χ1v) is 9.98. The second-order valence-corrected chi connectivity index (χ2v) is 7.77. The zero-order valence-corrected chi connectivity index (χ0v) is 16.3. The van der Waals surface area contributed by atoms with Gasteiger partial charge < -0.3 is 10.1 Å². The molecule has 2 fully saturated rings. The van der Waals surface area contributed by atoms with Crippen molar-refractivity contribution in [2.24, 2.45) is 0 Å². The number of hydrogen-bond acceptors (Lipinski definition) is 4. The number of hydrogen-bond donors (Lipinski definition) is 2. The lowest BCUT2D eigenvalue weighted by molar-refractivity contribution is -0.130. The van der Waals surface area contributed by atoms with Crippen molar-refractivity contribution < 1.29 is 13.9 Å². The number of aromatic nitrogens is 1. The molecule has 0 radical (unpaired) electrons. The molecule has 5 nitrogen and oxygen atoms in total. The Morgan fingerprint density at radius 3 is 2.86 bits per heavy atom. The highest BCUT2D eigenvalue weighted by Gasteiger charge is 2.47. The van der Waals surface area contributed by atoms with Crippen LogP contribution in [0.2, 0.25) is 0 Å². The number of benzene rings is 1. The molecular formula is C22H26FN3O2. The van der Waals surface area contributed by atoms with Crippen molar-refractivity contribution in [3.63, 3.8) is 0 Å². The lowest BCUT2D eigenvalue weighted by Gasteiger charge is -2.36. The summed E-state index contributed by atoms with van der Waals surface area (Å²) in [6, 6.07) is 8.70. The molecule has 0 aliphatic carbocycles. The van der Waals surface area contributed by atoms with Gasteiger partial charge in [0, 0.05) is 17.8 Å². The average Bonchev–Trinajstić information content (AvgIpc) is 3.13. The van der Waals surface area contributed by atoms with Gasteiger partial charge in [0.1, 0.15) is 11.6 Å². The van der Waals surface area contributed by atoms with Crippen LogP contribution in [0.4, 0.5) is 4.39 Å². The van der Waals surface area contributed by atoms with Gasteiger partial charge in [-0.15, -0.1) is 0 Å². The summed E-state index contributed by atoms with van der Waals surface area (Å²) in [5, 5.41) is 6.59. The summed E-state index contributed by atoms with van der Waals surface area (Å²) in [7, 11) is 0. The van der Waals surface area contributed by atoms with E-state index in [0.717, 1.165) is 36.9 Å². The predicted molar refractivity (Wildman–Crippen MR) is 105 cm³/mol. The topological polar surface area (TPSA) is 63.2 Å². The molecule has 0 bridgehead atoms. The van der Waals surface area contributed by atoms with Gasteiger partial charge in [0.05, 0.1) is 23.9 Å².